The van der Waals surface area contributed by atoms with Crippen molar-refractivity contribution in [3.63, 3.8) is 0 Å². The zero-order chi connectivity index (χ0) is 104. The van der Waals surface area contributed by atoms with Gasteiger partial charge in [0, 0.05) is 158 Å². The summed E-state index contributed by atoms with van der Waals surface area (Å²) in [6.07, 6.45) is 33.4. The fraction of sp³-hybridized carbons (Fsp3) is 0.901. The van der Waals surface area contributed by atoms with E-state index in [2.05, 4.69) is 250 Å². The van der Waals surface area contributed by atoms with Gasteiger partial charge in [0.25, 0.3) is 0 Å². The van der Waals surface area contributed by atoms with Gasteiger partial charge >= 0.3 is 0 Å². The number of likely N-dealkylation sites (tertiary alicyclic amines) is 7. The van der Waals surface area contributed by atoms with E-state index in [1.807, 2.05) is 58.9 Å². The molecule has 0 aromatic carbocycles. The number of likely N-dealkylation sites (N-methyl/N-ethyl adjacent to an activating group) is 2. The molecule has 0 radical (unpaired) electrons. The lowest BCUT2D eigenvalue weighted by Crippen LogP contribution is -2.45. The maximum atomic E-state index is 11.7. The van der Waals surface area contributed by atoms with Crippen LogP contribution in [0.5, 0.6) is 0 Å². The van der Waals surface area contributed by atoms with Gasteiger partial charge in [-0.25, -0.2) is 36.8 Å². The molecule has 2 aromatic rings. The molecule has 9 aliphatic rings. The summed E-state index contributed by atoms with van der Waals surface area (Å²) in [6.45, 7) is 88.3. The number of rotatable bonds is 21. The Balaban J connectivity index is 0.000000397. The number of anilines is 2. The molecule has 798 valence electrons. The zero-order valence-electron chi connectivity index (χ0n) is 94.9. The molecule has 11 heterocycles. The van der Waals surface area contributed by atoms with Crippen LogP contribution in [0.4, 0.5) is 11.8 Å². The number of aromatic nitrogens is 4. The van der Waals surface area contributed by atoms with Crippen molar-refractivity contribution in [1.82, 2.24) is 64.0 Å². The minimum atomic E-state index is -2.82. The highest BCUT2D eigenvalue weighted by molar-refractivity contribution is 7.90. The Morgan fingerprint density at radius 3 is 1.01 bits per heavy atom. The molecular formula is C111H214N16O8S2. The van der Waals surface area contributed by atoms with E-state index in [4.69, 9.17) is 14.7 Å². The van der Waals surface area contributed by atoms with Crippen LogP contribution in [0.3, 0.4) is 0 Å². The van der Waals surface area contributed by atoms with Gasteiger partial charge in [0.15, 0.2) is 0 Å². The second-order valence-electron chi connectivity index (χ2n) is 51.4. The van der Waals surface area contributed by atoms with Gasteiger partial charge in [0.1, 0.15) is 31.8 Å². The van der Waals surface area contributed by atoms with Crippen LogP contribution >= 0.6 is 0 Å². The highest BCUT2D eigenvalue weighted by Crippen LogP contribution is 2.41. The van der Waals surface area contributed by atoms with E-state index >= 15 is 0 Å². The van der Waals surface area contributed by atoms with Crippen LogP contribution in [0.25, 0.3) is 0 Å². The average Bonchev–Trinajstić information content (AvgIpc) is 0.837. The first-order valence-corrected chi connectivity index (χ1v) is 57.8. The van der Waals surface area contributed by atoms with Crippen LogP contribution in [0.1, 0.15) is 302 Å². The normalized spacial score (nSPS) is 21.5. The SMILES string of the molecule is CC(C)(C)C1CCCN(CCS(C)(=O)=O)C1.CC(C)(C)C1CCN(CCC#N)CC1.CC(C)(C)C1CCN(c2ccncn2)CC1.CC(C)(C)C1CCN(c2ncccn2)CC1.CC(C)C1CCN(CCS(C)(=O)=O)CC1.CN(C)C(=O)CN1CCC(C(C)(C)C)CC1.CN(C)C(=O)CN1CCCC(C(C)(C)C)C1.COCCN1CCC(C(C)(C)C)CC1.COCCN1CCCC(C(C)(C)C)C1. The Labute approximate surface area is 844 Å². The molecule has 0 aliphatic carbocycles. The Hall–Kier alpha value is -4.27. The lowest BCUT2D eigenvalue weighted by Gasteiger charge is -2.39. The molecule has 2 aromatic heterocycles. The standard InChI is InChI=1S/2C13H21N3.2C13H26N2O.C12H22N2.C12H25NO2S.2C12H25NO.C11H23NO2S/c1-13(2,3)11-5-8-16(9-6-11)12-4-7-14-10-15-12;1-13(2,3)11-5-9-16(10-6-11)12-14-7-4-8-15-12;1-13(2,3)11-6-8-15(9-7-11)10-12(16)14(4)5;1-13(2,3)11-7-6-8-15(9-11)10-12(16)14(4)5;1-12(2,3)11-5-9-14(10-6-11)8-4-7-13;1-12(2,3)11-6-5-7-13(10-11)8-9-16(4,14)15;1-12(2,3)11-5-7-13(8-6-11)9-10-14-4;1-12(2,3)11-6-5-7-13(10-11)8-9-14-4;1-10(2)11-4-6-12(7-5-11)8-9-15(3,13)14/h4,7,10-11H,5-6,8-9H2,1-3H3;4,7-8,11H,5-6,9-10H2,1-3H3;2*11H,6-10H2,1-5H3;11H,4-6,8-10H2,1-3H3;11H,5-10H2,1-4H3;2*11H,5-10H2,1-4H3;10-11H,4-9H2,1-3H3. The number of carbonyl (C=O) groups is 2. The largest absolute Gasteiger partial charge is 0.383 e. The molecule has 24 nitrogen and oxygen atoms in total. The third-order valence-corrected chi connectivity index (χ3v) is 33.3. The maximum absolute atomic E-state index is 11.7. The number of nitrogens with zero attached hydrogens (tertiary/aromatic N) is 16. The lowest BCUT2D eigenvalue weighted by atomic mass is 9.75. The van der Waals surface area contributed by atoms with Gasteiger partial charge in [-0.05, 0) is 302 Å². The van der Waals surface area contributed by atoms with Crippen molar-refractivity contribution in [1.29, 1.82) is 5.26 Å². The van der Waals surface area contributed by atoms with Crippen LogP contribution in [-0.2, 0) is 38.7 Å². The molecule has 26 heteroatoms. The van der Waals surface area contributed by atoms with Crippen molar-refractivity contribution in [2.75, 3.05) is 253 Å². The van der Waals surface area contributed by atoms with Crippen LogP contribution in [0.15, 0.2) is 37.1 Å². The van der Waals surface area contributed by atoms with Gasteiger partial charge in [-0.1, -0.05) is 180 Å². The molecule has 0 bridgehead atoms. The minimum absolute atomic E-state index is 0.217. The van der Waals surface area contributed by atoms with Gasteiger partial charge in [-0.2, -0.15) is 5.26 Å². The first-order valence-electron chi connectivity index (χ1n) is 53.6. The zero-order valence-corrected chi connectivity index (χ0v) is 96.5. The molecular weight excluding hydrogens is 1750 g/mol. The summed E-state index contributed by atoms with van der Waals surface area (Å²) in [6, 6.07) is 6.08. The molecule has 137 heavy (non-hydrogen) atoms. The van der Waals surface area contributed by atoms with Crippen molar-refractivity contribution < 1.29 is 35.9 Å². The Morgan fingerprint density at radius 1 is 0.387 bits per heavy atom. The second-order valence-corrected chi connectivity index (χ2v) is 55.9. The van der Waals surface area contributed by atoms with Gasteiger partial charge in [-0.3, -0.25) is 19.4 Å². The Bertz CT molecular complexity index is 3720. The van der Waals surface area contributed by atoms with Crippen LogP contribution in [-0.4, -0.2) is 336 Å². The van der Waals surface area contributed by atoms with Crippen molar-refractivity contribution in [2.24, 2.45) is 102 Å². The molecule has 0 N–H and O–H groups in total. The van der Waals surface area contributed by atoms with Crippen LogP contribution in [0, 0.1) is 114 Å². The predicted octanol–water partition coefficient (Wildman–Crippen LogP) is 19.8. The number of ether oxygens (including phenoxy) is 2. The molecule has 3 unspecified atom stereocenters. The highest BCUT2D eigenvalue weighted by Gasteiger charge is 2.38. The van der Waals surface area contributed by atoms with E-state index in [1.165, 1.54) is 167 Å². The van der Waals surface area contributed by atoms with Gasteiger partial charge in [-0.15, -0.1) is 0 Å². The van der Waals surface area contributed by atoms with Crippen LogP contribution in [0.2, 0.25) is 0 Å². The molecule has 0 spiro atoms. The van der Waals surface area contributed by atoms with E-state index in [0.717, 1.165) is 176 Å². The molecule has 0 saturated carbocycles. The fourth-order valence-corrected chi connectivity index (χ4v) is 21.6. The molecule has 9 aliphatic heterocycles. The number of piperidine rings is 9. The van der Waals surface area contributed by atoms with E-state index in [-0.39, 0.29) is 11.8 Å². The van der Waals surface area contributed by atoms with E-state index < -0.39 is 19.7 Å². The third kappa shape index (κ3) is 54.5. The van der Waals surface area contributed by atoms with Crippen LogP contribution < -0.4 is 9.80 Å². The number of nitriles is 1. The molecule has 2 amide bonds. The number of hydrogen-bond donors (Lipinski definition) is 0. The number of sulfone groups is 2. The van der Waals surface area contributed by atoms with Gasteiger partial charge in [0.2, 0.25) is 17.8 Å². The van der Waals surface area contributed by atoms with Crippen molar-refractivity contribution in [3.8, 4) is 6.07 Å². The summed E-state index contributed by atoms with van der Waals surface area (Å²) in [7, 11) is 5.25. The summed E-state index contributed by atoms with van der Waals surface area (Å²) in [5.74, 6) is 11.1. The Morgan fingerprint density at radius 2 is 0.686 bits per heavy atom. The molecule has 9 saturated heterocycles. The Kier molecular flexibility index (Phi) is 56.7. The summed E-state index contributed by atoms with van der Waals surface area (Å²) in [5, 5.41) is 8.50. The molecule has 3 atom stereocenters. The summed E-state index contributed by atoms with van der Waals surface area (Å²) < 4.78 is 54.5. The first kappa shape index (κ1) is 127. The topological polar surface area (TPSA) is 232 Å². The number of amides is 2. The third-order valence-electron chi connectivity index (χ3n) is 31.4. The summed E-state index contributed by atoms with van der Waals surface area (Å²) >= 11 is 0. The fourth-order valence-electron chi connectivity index (χ4n) is 20.4. The van der Waals surface area contributed by atoms with Gasteiger partial charge < -0.3 is 53.6 Å². The van der Waals surface area contributed by atoms with E-state index in [0.29, 0.717) is 93.3 Å². The first-order chi connectivity index (χ1) is 63.4. The highest BCUT2D eigenvalue weighted by atomic mass is 32.2. The predicted molar refractivity (Wildman–Crippen MR) is 579 cm³/mol. The summed E-state index contributed by atoms with van der Waals surface area (Å²) in [5.41, 5.74) is 3.41. The smallest absolute Gasteiger partial charge is 0.236 e. The minimum Gasteiger partial charge on any atom is -0.383 e. The number of methoxy groups -OCH3 is 2. The molecule has 9 fully saturated rings. The number of carbonyl (C=O) groups excluding carboxylic acids is 2. The second kappa shape index (κ2) is 61.2. The monoisotopic (exact) mass is 1960 g/mol. The number of hydrogen-bond acceptors (Lipinski definition) is 22. The average molecular weight is 1970 g/mol. The van der Waals surface area contributed by atoms with E-state index in [9.17, 15) is 26.4 Å². The summed E-state index contributed by atoms with van der Waals surface area (Å²) in [4.78, 5) is 64.8. The maximum Gasteiger partial charge on any atom is 0.236 e. The van der Waals surface area contributed by atoms with Gasteiger partial charge in [0.05, 0.1) is 43.9 Å². The van der Waals surface area contributed by atoms with Crippen molar-refractivity contribution in [3.05, 3.63) is 37.1 Å². The quantitative estimate of drug-likeness (QED) is 0.113. The molecule has 11 rings (SSSR count). The van der Waals surface area contributed by atoms with Crippen molar-refractivity contribution >= 4 is 43.3 Å². The lowest BCUT2D eigenvalue weighted by molar-refractivity contribution is -0.131. The van der Waals surface area contributed by atoms with Crippen molar-refractivity contribution in [2.45, 2.75) is 302 Å². The van der Waals surface area contributed by atoms with E-state index in [1.54, 1.807) is 30.3 Å².